The topological polar surface area (TPSA) is 20.3 Å². The van der Waals surface area contributed by atoms with E-state index in [4.69, 9.17) is 0 Å². The van der Waals surface area contributed by atoms with Crippen molar-refractivity contribution < 1.29 is 4.79 Å². The van der Waals surface area contributed by atoms with Crippen LogP contribution < -0.4 is 0 Å². The molecule has 1 aromatic rings. The second kappa shape index (κ2) is 7.05. The third kappa shape index (κ3) is 4.54. The Morgan fingerprint density at radius 3 is 2.28 bits per heavy atom. The molecule has 0 radical (unpaired) electrons. The highest BCUT2D eigenvalue weighted by atomic mass is 79.9. The summed E-state index contributed by atoms with van der Waals surface area (Å²) in [6.07, 6.45) is 0.579. The van der Waals surface area contributed by atoms with Crippen molar-refractivity contribution in [3.8, 4) is 0 Å². The van der Waals surface area contributed by atoms with Gasteiger partial charge in [-0.25, -0.2) is 0 Å². The molecule has 1 unspecified atom stereocenters. The molecule has 1 aromatic carbocycles. The Kier molecular flexibility index (Phi) is 6.03. The maximum atomic E-state index is 12.0. The van der Waals surface area contributed by atoms with E-state index in [0.717, 1.165) is 16.6 Å². The summed E-state index contributed by atoms with van der Waals surface area (Å²) in [5, 5.41) is 0. The summed E-state index contributed by atoms with van der Waals surface area (Å²) in [5.74, 6) is 0.822. The maximum Gasteiger partial charge on any atom is 0.164 e. The van der Waals surface area contributed by atoms with Crippen molar-refractivity contribution in [2.24, 2.45) is 5.92 Å². The van der Waals surface area contributed by atoms with Gasteiger partial charge < -0.3 is 4.90 Å². The molecule has 1 atom stereocenters. The molecule has 0 saturated heterocycles. The van der Waals surface area contributed by atoms with Crippen molar-refractivity contribution in [2.45, 2.75) is 33.2 Å². The Bertz CT molecular complexity index is 386. The highest BCUT2D eigenvalue weighted by Crippen LogP contribution is 2.13. The smallest absolute Gasteiger partial charge is 0.164 e. The van der Waals surface area contributed by atoms with Crippen LogP contribution in [0.5, 0.6) is 0 Å². The summed E-state index contributed by atoms with van der Waals surface area (Å²) in [4.78, 5) is 14.3. The molecule has 0 saturated carbocycles. The Morgan fingerprint density at radius 1 is 1.22 bits per heavy atom. The van der Waals surface area contributed by atoms with Gasteiger partial charge in [-0.1, -0.05) is 41.9 Å². The van der Waals surface area contributed by atoms with Gasteiger partial charge in [0.25, 0.3) is 0 Å². The molecular weight excluding hydrogens is 290 g/mol. The molecular formula is C15H22BrNO. The van der Waals surface area contributed by atoms with Gasteiger partial charge in [0.15, 0.2) is 5.78 Å². The van der Waals surface area contributed by atoms with E-state index in [2.05, 4.69) is 48.6 Å². The quantitative estimate of drug-likeness (QED) is 0.740. The van der Waals surface area contributed by atoms with E-state index in [0.29, 0.717) is 18.4 Å². The van der Waals surface area contributed by atoms with E-state index in [1.807, 2.05) is 24.3 Å². The van der Waals surface area contributed by atoms with Crippen molar-refractivity contribution in [3.05, 3.63) is 34.3 Å². The lowest BCUT2D eigenvalue weighted by atomic mass is 10.0. The molecule has 0 aromatic heterocycles. The third-order valence-electron chi connectivity index (χ3n) is 3.52. The van der Waals surface area contributed by atoms with E-state index in [1.54, 1.807) is 0 Å². The second-order valence-corrected chi connectivity index (χ2v) is 6.06. The Labute approximate surface area is 119 Å². The number of hydrogen-bond acceptors (Lipinski definition) is 2. The highest BCUT2D eigenvalue weighted by molar-refractivity contribution is 9.10. The van der Waals surface area contributed by atoms with Gasteiger partial charge in [-0.2, -0.15) is 0 Å². The Morgan fingerprint density at radius 2 is 1.78 bits per heavy atom. The molecule has 0 spiro atoms. The first kappa shape index (κ1) is 15.4. The average Bonchev–Trinajstić information content (AvgIpc) is 2.35. The summed E-state index contributed by atoms with van der Waals surface area (Å²) >= 11 is 3.37. The van der Waals surface area contributed by atoms with Gasteiger partial charge in [-0.3, -0.25) is 4.79 Å². The molecule has 0 aliphatic heterocycles. The third-order valence-corrected chi connectivity index (χ3v) is 4.05. The molecule has 0 aliphatic carbocycles. The van der Waals surface area contributed by atoms with Crippen LogP contribution in [0.3, 0.4) is 0 Å². The van der Waals surface area contributed by atoms with E-state index in [9.17, 15) is 4.79 Å². The average molecular weight is 312 g/mol. The fraction of sp³-hybridized carbons (Fsp3) is 0.533. The van der Waals surface area contributed by atoms with Gasteiger partial charge in [0.1, 0.15) is 0 Å². The minimum absolute atomic E-state index is 0.213. The van der Waals surface area contributed by atoms with Crippen LogP contribution in [0.4, 0.5) is 0 Å². The molecule has 0 bridgehead atoms. The first-order valence-corrected chi connectivity index (χ1v) is 7.20. The number of carbonyl (C=O) groups excluding carboxylic acids is 1. The summed E-state index contributed by atoms with van der Waals surface area (Å²) in [6.45, 7) is 7.43. The molecule has 100 valence electrons. The van der Waals surface area contributed by atoms with E-state index < -0.39 is 0 Å². The number of hydrogen-bond donors (Lipinski definition) is 0. The van der Waals surface area contributed by atoms with Crippen LogP contribution in [0, 0.1) is 5.92 Å². The number of carbonyl (C=O) groups is 1. The number of rotatable bonds is 6. The standard InChI is InChI=1S/C15H22BrNO/c1-11(2)12(3)17(4)10-9-15(18)13-5-7-14(16)8-6-13/h5-8,11-12H,9-10H2,1-4H3. The van der Waals surface area contributed by atoms with Crippen LogP contribution in [0.15, 0.2) is 28.7 Å². The van der Waals surface area contributed by atoms with Crippen LogP contribution in [0.25, 0.3) is 0 Å². The first-order chi connectivity index (χ1) is 8.41. The van der Waals surface area contributed by atoms with Crippen molar-refractivity contribution in [3.63, 3.8) is 0 Å². The van der Waals surface area contributed by atoms with Gasteiger partial charge in [0, 0.05) is 29.0 Å². The molecule has 3 heteroatoms. The highest BCUT2D eigenvalue weighted by Gasteiger charge is 2.14. The molecule has 0 heterocycles. The summed E-state index contributed by atoms with van der Waals surface area (Å²) in [5.41, 5.74) is 0.795. The van der Waals surface area contributed by atoms with Gasteiger partial charge >= 0.3 is 0 Å². The van der Waals surface area contributed by atoms with Gasteiger partial charge in [0.05, 0.1) is 0 Å². The number of Topliss-reactive ketones (excluding diaryl/α,β-unsaturated/α-hetero) is 1. The number of halogens is 1. The van der Waals surface area contributed by atoms with Crippen molar-refractivity contribution in [1.29, 1.82) is 0 Å². The zero-order chi connectivity index (χ0) is 13.7. The van der Waals surface area contributed by atoms with E-state index in [1.165, 1.54) is 0 Å². The van der Waals surface area contributed by atoms with Crippen LogP contribution >= 0.6 is 15.9 Å². The molecule has 2 nitrogen and oxygen atoms in total. The molecule has 0 N–H and O–H groups in total. The molecule has 0 amide bonds. The maximum absolute atomic E-state index is 12.0. The van der Waals surface area contributed by atoms with Gasteiger partial charge in [-0.15, -0.1) is 0 Å². The summed E-state index contributed by atoms with van der Waals surface area (Å²) < 4.78 is 1.00. The lowest BCUT2D eigenvalue weighted by molar-refractivity contribution is 0.0955. The fourth-order valence-electron chi connectivity index (χ4n) is 1.77. The summed E-state index contributed by atoms with van der Waals surface area (Å²) in [6, 6.07) is 8.07. The predicted octanol–water partition coefficient (Wildman–Crippen LogP) is 4.00. The van der Waals surface area contributed by atoms with Crippen molar-refractivity contribution in [1.82, 2.24) is 4.90 Å². The normalized spacial score (nSPS) is 13.1. The largest absolute Gasteiger partial charge is 0.303 e. The summed E-state index contributed by atoms with van der Waals surface area (Å²) in [7, 11) is 2.08. The molecule has 18 heavy (non-hydrogen) atoms. The van der Waals surface area contributed by atoms with Gasteiger partial charge in [-0.05, 0) is 32.0 Å². The Balaban J connectivity index is 2.49. The second-order valence-electron chi connectivity index (χ2n) is 5.15. The van der Waals surface area contributed by atoms with E-state index in [-0.39, 0.29) is 5.78 Å². The molecule has 1 rings (SSSR count). The monoisotopic (exact) mass is 311 g/mol. The first-order valence-electron chi connectivity index (χ1n) is 6.41. The van der Waals surface area contributed by atoms with E-state index >= 15 is 0 Å². The van der Waals surface area contributed by atoms with Crippen molar-refractivity contribution >= 4 is 21.7 Å². The molecule has 0 fully saturated rings. The van der Waals surface area contributed by atoms with Crippen LogP contribution in [-0.4, -0.2) is 30.3 Å². The van der Waals surface area contributed by atoms with Crippen LogP contribution in [0.2, 0.25) is 0 Å². The number of ketones is 1. The van der Waals surface area contributed by atoms with Crippen LogP contribution in [0.1, 0.15) is 37.6 Å². The number of nitrogens with zero attached hydrogens (tertiary/aromatic N) is 1. The lowest BCUT2D eigenvalue weighted by Gasteiger charge is -2.27. The zero-order valence-electron chi connectivity index (χ0n) is 11.6. The fourth-order valence-corrected chi connectivity index (χ4v) is 2.03. The van der Waals surface area contributed by atoms with Crippen molar-refractivity contribution in [2.75, 3.05) is 13.6 Å². The minimum Gasteiger partial charge on any atom is -0.303 e. The lowest BCUT2D eigenvalue weighted by Crippen LogP contribution is -2.34. The SMILES string of the molecule is CC(C)C(C)N(C)CCC(=O)c1ccc(Br)cc1. The molecule has 0 aliphatic rings. The van der Waals surface area contributed by atoms with Gasteiger partial charge in [0.2, 0.25) is 0 Å². The predicted molar refractivity (Wildman–Crippen MR) is 80.0 cm³/mol. The van der Waals surface area contributed by atoms with Crippen LogP contribution in [-0.2, 0) is 0 Å². The minimum atomic E-state index is 0.213. The zero-order valence-corrected chi connectivity index (χ0v) is 13.2. The Hall–Kier alpha value is -0.670. The number of benzene rings is 1.